The highest BCUT2D eigenvalue weighted by Crippen LogP contribution is 2.37. The lowest BCUT2D eigenvalue weighted by Crippen LogP contribution is -2.14. The highest BCUT2D eigenvalue weighted by atomic mass is 35.5. The molecule has 0 unspecified atom stereocenters. The fourth-order valence-corrected chi connectivity index (χ4v) is 3.53. The third-order valence-corrected chi connectivity index (χ3v) is 4.67. The van der Waals surface area contributed by atoms with Crippen LogP contribution < -0.4 is 4.80 Å². The number of nitrogens with one attached hydrogen (secondary N) is 1. The number of benzene rings is 1. The Morgan fingerprint density at radius 2 is 1.80 bits per heavy atom. The van der Waals surface area contributed by atoms with Gasteiger partial charge in [0.25, 0.3) is 0 Å². The molecule has 0 bridgehead atoms. The maximum absolute atomic E-state index is 12.8. The topological polar surface area (TPSA) is 54.6 Å². The summed E-state index contributed by atoms with van der Waals surface area (Å²) in [6.07, 6.45) is -4.57. The van der Waals surface area contributed by atoms with Gasteiger partial charge in [-0.3, -0.25) is 10.4 Å². The van der Waals surface area contributed by atoms with Crippen LogP contribution in [-0.2, 0) is 6.18 Å². The monoisotopic (exact) mass is 404 g/mol. The number of aryl methyl sites for hydroxylation is 1. The largest absolute Gasteiger partial charge is 0.416 e. The van der Waals surface area contributed by atoms with E-state index in [1.54, 1.807) is 12.1 Å². The molecule has 1 N–H and O–H groups in total. The Hall–Kier alpha value is -1.90. The summed E-state index contributed by atoms with van der Waals surface area (Å²) >= 11 is 13.0. The first-order chi connectivity index (χ1) is 11.7. The smallest absolute Gasteiger partial charge is 0.273 e. The van der Waals surface area contributed by atoms with E-state index < -0.39 is 11.7 Å². The minimum atomic E-state index is -4.57. The molecule has 0 aliphatic carbocycles. The number of hydrogen-bond acceptors (Lipinski definition) is 4. The summed E-state index contributed by atoms with van der Waals surface area (Å²) in [6, 6.07) is 6.87. The minimum absolute atomic E-state index is 0.0245. The number of pyridine rings is 1. The quantitative estimate of drug-likeness (QED) is 0.644. The molecule has 1 aromatic carbocycles. The lowest BCUT2D eigenvalue weighted by atomic mass is 10.2. The summed E-state index contributed by atoms with van der Waals surface area (Å²) in [5, 5.41) is 12.2. The third kappa shape index (κ3) is 3.56. The highest BCUT2D eigenvalue weighted by molar-refractivity contribution is 7.12. The molecule has 0 aliphatic rings. The predicted molar refractivity (Wildman–Crippen MR) is 90.3 cm³/mol. The summed E-state index contributed by atoms with van der Waals surface area (Å²) in [6.45, 7) is 1.82. The first-order valence-electron chi connectivity index (χ1n) is 6.82. The van der Waals surface area contributed by atoms with Gasteiger partial charge in [-0.2, -0.15) is 18.3 Å². The second kappa shape index (κ2) is 6.44. The molecule has 3 aromatic rings. The summed E-state index contributed by atoms with van der Waals surface area (Å²) < 4.78 is 39.6. The highest BCUT2D eigenvalue weighted by Gasteiger charge is 2.32. The molecular weight excluding hydrogens is 396 g/mol. The van der Waals surface area contributed by atoms with Crippen LogP contribution in [0, 0.1) is 12.3 Å². The van der Waals surface area contributed by atoms with Crippen molar-refractivity contribution in [3.05, 3.63) is 56.4 Å². The zero-order valence-corrected chi connectivity index (χ0v) is 14.9. The molecule has 0 atom stereocenters. The Labute approximate surface area is 154 Å². The zero-order chi connectivity index (χ0) is 18.4. The van der Waals surface area contributed by atoms with Gasteiger partial charge in [0, 0.05) is 5.69 Å². The van der Waals surface area contributed by atoms with Gasteiger partial charge < -0.3 is 0 Å². The zero-order valence-electron chi connectivity index (χ0n) is 12.5. The molecular formula is C15H9Cl2F3N4S. The lowest BCUT2D eigenvalue weighted by molar-refractivity contribution is -0.137. The normalized spacial score (nSPS) is 11.8. The number of nitrogens with zero attached hydrogens (tertiary/aromatic N) is 3. The molecule has 25 heavy (non-hydrogen) atoms. The molecule has 0 fully saturated rings. The van der Waals surface area contributed by atoms with E-state index in [-0.39, 0.29) is 20.5 Å². The minimum Gasteiger partial charge on any atom is -0.273 e. The van der Waals surface area contributed by atoms with Gasteiger partial charge in [0.2, 0.25) is 4.80 Å². The fourth-order valence-electron chi connectivity index (χ4n) is 2.14. The van der Waals surface area contributed by atoms with Gasteiger partial charge in [0.15, 0.2) is 5.01 Å². The number of aromatic nitrogens is 3. The van der Waals surface area contributed by atoms with Crippen LogP contribution in [0.3, 0.4) is 0 Å². The van der Waals surface area contributed by atoms with Gasteiger partial charge in [-0.05, 0) is 31.2 Å². The molecule has 2 aromatic heterocycles. The molecule has 0 radical (unpaired) electrons. The van der Waals surface area contributed by atoms with Crippen molar-refractivity contribution in [1.29, 1.82) is 5.41 Å². The van der Waals surface area contributed by atoms with E-state index in [0.717, 1.165) is 33.8 Å². The van der Waals surface area contributed by atoms with E-state index in [2.05, 4.69) is 10.1 Å². The summed E-state index contributed by atoms with van der Waals surface area (Å²) in [5.74, 6) is 0. The van der Waals surface area contributed by atoms with Crippen LogP contribution in [0.25, 0.3) is 16.4 Å². The predicted octanol–water partition coefficient (Wildman–Crippen LogP) is 5.11. The summed E-state index contributed by atoms with van der Waals surface area (Å²) in [7, 11) is 0. The van der Waals surface area contributed by atoms with E-state index in [1.165, 1.54) is 0 Å². The van der Waals surface area contributed by atoms with Crippen molar-refractivity contribution in [2.45, 2.75) is 13.1 Å². The van der Waals surface area contributed by atoms with E-state index in [4.69, 9.17) is 28.6 Å². The van der Waals surface area contributed by atoms with Crippen LogP contribution >= 0.6 is 34.5 Å². The van der Waals surface area contributed by atoms with Crippen molar-refractivity contribution in [2.75, 3.05) is 0 Å². The van der Waals surface area contributed by atoms with Crippen molar-refractivity contribution < 1.29 is 13.2 Å². The standard InChI is InChI=1S/C15H9Cl2F3N4S/c1-7-3-2-4-11(22-7)13-23-24(14(21)25-13)12-9(16)5-8(6-10(12)17)15(18,19)20/h2-6,21H,1H3. The van der Waals surface area contributed by atoms with E-state index in [9.17, 15) is 13.2 Å². The lowest BCUT2D eigenvalue weighted by Gasteiger charge is -2.12. The molecule has 0 amide bonds. The van der Waals surface area contributed by atoms with Crippen molar-refractivity contribution in [3.8, 4) is 16.4 Å². The second-order valence-electron chi connectivity index (χ2n) is 5.07. The number of rotatable bonds is 2. The van der Waals surface area contributed by atoms with Gasteiger partial charge in [-0.1, -0.05) is 40.6 Å². The molecule has 0 saturated carbocycles. The summed E-state index contributed by atoms with van der Waals surface area (Å²) in [5.41, 5.74) is 0.387. The van der Waals surface area contributed by atoms with E-state index in [1.807, 2.05) is 13.0 Å². The van der Waals surface area contributed by atoms with Gasteiger partial charge in [-0.15, -0.1) is 0 Å². The Morgan fingerprint density at radius 1 is 1.16 bits per heavy atom. The average molecular weight is 405 g/mol. The first-order valence-corrected chi connectivity index (χ1v) is 8.39. The Bertz CT molecular complexity index is 987. The van der Waals surface area contributed by atoms with Gasteiger partial charge in [0.05, 0.1) is 15.6 Å². The number of alkyl halides is 3. The first kappa shape index (κ1) is 17.9. The number of hydrogen-bond donors (Lipinski definition) is 1. The van der Waals surface area contributed by atoms with Crippen molar-refractivity contribution in [2.24, 2.45) is 0 Å². The fraction of sp³-hybridized carbons (Fsp3) is 0.133. The molecule has 2 heterocycles. The molecule has 0 spiro atoms. The Kier molecular flexibility index (Phi) is 4.61. The van der Waals surface area contributed by atoms with Crippen molar-refractivity contribution in [1.82, 2.24) is 14.8 Å². The maximum Gasteiger partial charge on any atom is 0.416 e. The van der Waals surface area contributed by atoms with E-state index in [0.29, 0.717) is 10.7 Å². The van der Waals surface area contributed by atoms with Gasteiger partial charge in [-0.25, -0.2) is 4.68 Å². The molecule has 3 rings (SSSR count). The maximum atomic E-state index is 12.8. The molecule has 0 aliphatic heterocycles. The summed E-state index contributed by atoms with van der Waals surface area (Å²) in [4.78, 5) is 4.28. The van der Waals surface area contributed by atoms with Gasteiger partial charge >= 0.3 is 6.18 Å². The van der Waals surface area contributed by atoms with Crippen LogP contribution in [-0.4, -0.2) is 14.8 Å². The Morgan fingerprint density at radius 3 is 2.36 bits per heavy atom. The molecule has 10 heteroatoms. The van der Waals surface area contributed by atoms with Gasteiger partial charge in [0.1, 0.15) is 11.4 Å². The van der Waals surface area contributed by atoms with Crippen LogP contribution in [0.4, 0.5) is 13.2 Å². The average Bonchev–Trinajstić information content (AvgIpc) is 2.87. The van der Waals surface area contributed by atoms with Crippen molar-refractivity contribution in [3.63, 3.8) is 0 Å². The van der Waals surface area contributed by atoms with Crippen LogP contribution in [0.5, 0.6) is 0 Å². The Balaban J connectivity index is 2.14. The molecule has 4 nitrogen and oxygen atoms in total. The SMILES string of the molecule is Cc1cccc(-c2nn(-c3c(Cl)cc(C(F)(F)F)cc3Cl)c(=N)s2)n1. The van der Waals surface area contributed by atoms with Crippen LogP contribution in [0.2, 0.25) is 10.0 Å². The van der Waals surface area contributed by atoms with Crippen LogP contribution in [0.1, 0.15) is 11.3 Å². The van der Waals surface area contributed by atoms with Crippen LogP contribution in [0.15, 0.2) is 30.3 Å². The molecule has 130 valence electrons. The van der Waals surface area contributed by atoms with E-state index >= 15 is 0 Å². The van der Waals surface area contributed by atoms with Crippen molar-refractivity contribution >= 4 is 34.5 Å². The molecule has 0 saturated heterocycles. The second-order valence-corrected chi connectivity index (χ2v) is 6.87. The third-order valence-electron chi connectivity index (χ3n) is 3.24. The number of halogens is 5.